The van der Waals surface area contributed by atoms with Gasteiger partial charge in [-0.1, -0.05) is 0 Å². The molecule has 2 heterocycles. The zero-order valence-corrected chi connectivity index (χ0v) is 12.4. The highest BCUT2D eigenvalue weighted by molar-refractivity contribution is 5.98. The molecule has 0 saturated carbocycles. The van der Waals surface area contributed by atoms with Crippen molar-refractivity contribution < 1.29 is 9.53 Å². The van der Waals surface area contributed by atoms with E-state index in [1.807, 2.05) is 17.0 Å². The van der Waals surface area contributed by atoms with Crippen molar-refractivity contribution in [3.05, 3.63) is 18.2 Å². The fourth-order valence-corrected chi connectivity index (χ4v) is 2.78. The van der Waals surface area contributed by atoms with Crippen molar-refractivity contribution in [1.29, 1.82) is 0 Å². The predicted molar refractivity (Wildman–Crippen MR) is 82.6 cm³/mol. The molecule has 0 spiro atoms. The van der Waals surface area contributed by atoms with Crippen LogP contribution in [-0.4, -0.2) is 68.6 Å². The van der Waals surface area contributed by atoms with Gasteiger partial charge in [-0.2, -0.15) is 0 Å². The van der Waals surface area contributed by atoms with Gasteiger partial charge >= 0.3 is 0 Å². The van der Waals surface area contributed by atoms with Crippen LogP contribution in [0.15, 0.2) is 18.2 Å². The lowest BCUT2D eigenvalue weighted by atomic mass is 10.2. The molecule has 0 aromatic heterocycles. The van der Waals surface area contributed by atoms with Gasteiger partial charge in [0.05, 0.1) is 5.69 Å². The van der Waals surface area contributed by atoms with Gasteiger partial charge in [0.25, 0.3) is 5.91 Å². The molecule has 1 aromatic carbocycles. The summed E-state index contributed by atoms with van der Waals surface area (Å²) in [5.41, 5.74) is 7.25. The summed E-state index contributed by atoms with van der Waals surface area (Å²) < 4.78 is 5.46. The van der Waals surface area contributed by atoms with Crippen LogP contribution in [0.4, 0.5) is 11.4 Å². The Balaban J connectivity index is 1.66. The van der Waals surface area contributed by atoms with E-state index in [-0.39, 0.29) is 12.5 Å². The largest absolute Gasteiger partial charge is 0.481 e. The average Bonchev–Trinajstić information content (AvgIpc) is 2.48. The van der Waals surface area contributed by atoms with Crippen LogP contribution < -0.4 is 15.4 Å². The van der Waals surface area contributed by atoms with Gasteiger partial charge in [0.15, 0.2) is 6.61 Å². The topological polar surface area (TPSA) is 62.0 Å². The molecule has 2 N–H and O–H groups in total. The van der Waals surface area contributed by atoms with Crippen LogP contribution in [-0.2, 0) is 4.79 Å². The maximum absolute atomic E-state index is 12.1. The molecule has 114 valence electrons. The third-order valence-electron chi connectivity index (χ3n) is 4.16. The monoisotopic (exact) mass is 290 g/mol. The molecule has 0 radical (unpaired) electrons. The second-order valence-corrected chi connectivity index (χ2v) is 5.71. The molecule has 1 aromatic rings. The summed E-state index contributed by atoms with van der Waals surface area (Å²) in [6, 6.07) is 5.46. The lowest BCUT2D eigenvalue weighted by molar-refractivity contribution is -0.121. The van der Waals surface area contributed by atoms with E-state index in [0.717, 1.165) is 38.4 Å². The minimum absolute atomic E-state index is 0.0152. The number of piperazine rings is 1. The first-order valence-electron chi connectivity index (χ1n) is 7.37. The van der Waals surface area contributed by atoms with E-state index in [4.69, 9.17) is 10.5 Å². The van der Waals surface area contributed by atoms with Crippen molar-refractivity contribution in [1.82, 2.24) is 9.80 Å². The number of benzene rings is 1. The van der Waals surface area contributed by atoms with Crippen molar-refractivity contribution in [2.45, 2.75) is 0 Å². The van der Waals surface area contributed by atoms with Crippen LogP contribution in [0.1, 0.15) is 0 Å². The molecular formula is C15H22N4O2. The van der Waals surface area contributed by atoms with Crippen LogP contribution >= 0.6 is 0 Å². The first kappa shape index (κ1) is 14.2. The van der Waals surface area contributed by atoms with Crippen molar-refractivity contribution in [2.24, 2.45) is 0 Å². The molecule has 3 rings (SSSR count). The Labute approximate surface area is 125 Å². The average molecular weight is 290 g/mol. The quantitative estimate of drug-likeness (QED) is 0.808. The second-order valence-electron chi connectivity index (χ2n) is 5.71. The highest BCUT2D eigenvalue weighted by atomic mass is 16.5. The molecular weight excluding hydrogens is 268 g/mol. The number of hydrogen-bond donors (Lipinski definition) is 1. The van der Waals surface area contributed by atoms with Crippen molar-refractivity contribution in [3.63, 3.8) is 0 Å². The maximum atomic E-state index is 12.1. The van der Waals surface area contributed by atoms with Crippen LogP contribution in [0.5, 0.6) is 5.75 Å². The SMILES string of the molecule is CN1CCN(CCN2C(=O)COc3cc(N)ccc32)CC1. The molecule has 0 atom stereocenters. The number of nitrogens with two attached hydrogens (primary N) is 1. The molecule has 1 amide bonds. The number of rotatable bonds is 3. The van der Waals surface area contributed by atoms with Gasteiger partial charge in [-0.3, -0.25) is 9.69 Å². The van der Waals surface area contributed by atoms with Crippen LogP contribution in [0.25, 0.3) is 0 Å². The fourth-order valence-electron chi connectivity index (χ4n) is 2.78. The molecule has 6 nitrogen and oxygen atoms in total. The zero-order chi connectivity index (χ0) is 14.8. The van der Waals surface area contributed by atoms with Gasteiger partial charge in [0.2, 0.25) is 0 Å². The van der Waals surface area contributed by atoms with Crippen LogP contribution in [0.3, 0.4) is 0 Å². The Morgan fingerprint density at radius 2 is 1.95 bits per heavy atom. The Morgan fingerprint density at radius 3 is 2.71 bits per heavy atom. The number of carbonyl (C=O) groups is 1. The highest BCUT2D eigenvalue weighted by Gasteiger charge is 2.26. The molecule has 21 heavy (non-hydrogen) atoms. The molecule has 6 heteroatoms. The number of nitrogen functional groups attached to an aromatic ring is 1. The molecule has 1 fully saturated rings. The van der Waals surface area contributed by atoms with E-state index in [1.165, 1.54) is 0 Å². The summed E-state index contributed by atoms with van der Waals surface area (Å²) in [5.74, 6) is 0.717. The third kappa shape index (κ3) is 3.11. The molecule has 0 bridgehead atoms. The highest BCUT2D eigenvalue weighted by Crippen LogP contribution is 2.33. The second kappa shape index (κ2) is 5.91. The van der Waals surface area contributed by atoms with Gasteiger partial charge in [0, 0.05) is 51.0 Å². The molecule has 2 aliphatic rings. The van der Waals surface area contributed by atoms with E-state index in [2.05, 4.69) is 16.8 Å². The number of likely N-dealkylation sites (N-methyl/N-ethyl adjacent to an activating group) is 1. The molecule has 0 aliphatic carbocycles. The standard InChI is InChI=1S/C15H22N4O2/c1-17-4-6-18(7-5-17)8-9-19-13-3-2-12(16)10-14(13)21-11-15(19)20/h2-3,10H,4-9,11,16H2,1H3. The minimum atomic E-state index is 0.0152. The van der Waals surface area contributed by atoms with Gasteiger partial charge < -0.3 is 20.3 Å². The number of fused-ring (bicyclic) bond motifs is 1. The van der Waals surface area contributed by atoms with Gasteiger partial charge in [-0.25, -0.2) is 0 Å². The molecule has 1 saturated heterocycles. The molecule has 0 unspecified atom stereocenters. The summed E-state index contributed by atoms with van der Waals surface area (Å²) >= 11 is 0. The summed E-state index contributed by atoms with van der Waals surface area (Å²) in [5, 5.41) is 0. The smallest absolute Gasteiger partial charge is 0.265 e. The Kier molecular flexibility index (Phi) is 3.98. The Morgan fingerprint density at radius 1 is 1.19 bits per heavy atom. The third-order valence-corrected chi connectivity index (χ3v) is 4.16. The number of carbonyl (C=O) groups excluding carboxylic acids is 1. The first-order valence-corrected chi connectivity index (χ1v) is 7.37. The van der Waals surface area contributed by atoms with E-state index in [9.17, 15) is 4.79 Å². The van der Waals surface area contributed by atoms with E-state index < -0.39 is 0 Å². The van der Waals surface area contributed by atoms with Gasteiger partial charge in [-0.15, -0.1) is 0 Å². The van der Waals surface area contributed by atoms with E-state index in [1.54, 1.807) is 6.07 Å². The molecule has 2 aliphatic heterocycles. The van der Waals surface area contributed by atoms with Crippen molar-refractivity contribution in [3.8, 4) is 5.75 Å². The lowest BCUT2D eigenvalue weighted by Crippen LogP contribution is -2.49. The van der Waals surface area contributed by atoms with E-state index in [0.29, 0.717) is 18.0 Å². The van der Waals surface area contributed by atoms with Gasteiger partial charge in [0.1, 0.15) is 5.75 Å². The number of amides is 1. The van der Waals surface area contributed by atoms with Crippen molar-refractivity contribution >= 4 is 17.3 Å². The zero-order valence-electron chi connectivity index (χ0n) is 12.4. The summed E-state index contributed by atoms with van der Waals surface area (Å²) in [6.45, 7) is 5.98. The number of hydrogen-bond acceptors (Lipinski definition) is 5. The normalized spacial score (nSPS) is 20.2. The summed E-state index contributed by atoms with van der Waals surface area (Å²) in [6.07, 6.45) is 0. The predicted octanol–water partition coefficient (Wildman–Crippen LogP) is 0.242. The Hall–Kier alpha value is -1.79. The van der Waals surface area contributed by atoms with E-state index >= 15 is 0 Å². The van der Waals surface area contributed by atoms with Crippen molar-refractivity contribution in [2.75, 3.05) is 63.6 Å². The Bertz CT molecular complexity index is 526. The van der Waals surface area contributed by atoms with Crippen LogP contribution in [0, 0.1) is 0 Å². The van der Waals surface area contributed by atoms with Gasteiger partial charge in [-0.05, 0) is 19.2 Å². The lowest BCUT2D eigenvalue weighted by Gasteiger charge is -2.35. The number of nitrogens with zero attached hydrogens (tertiary/aromatic N) is 3. The maximum Gasteiger partial charge on any atom is 0.265 e. The van der Waals surface area contributed by atoms with Crippen LogP contribution in [0.2, 0.25) is 0 Å². The number of ether oxygens (including phenoxy) is 1. The summed E-state index contributed by atoms with van der Waals surface area (Å²) in [4.78, 5) is 18.7. The fraction of sp³-hybridized carbons (Fsp3) is 0.533. The summed E-state index contributed by atoms with van der Waals surface area (Å²) in [7, 11) is 2.14. The first-order chi connectivity index (χ1) is 10.1. The minimum Gasteiger partial charge on any atom is -0.481 e. The number of anilines is 2.